The summed E-state index contributed by atoms with van der Waals surface area (Å²) in [7, 11) is -5.01. The van der Waals surface area contributed by atoms with E-state index in [2.05, 4.69) is 9.50 Å². The van der Waals surface area contributed by atoms with Crippen LogP contribution < -0.4 is 10.1 Å². The van der Waals surface area contributed by atoms with Crippen molar-refractivity contribution in [3.05, 3.63) is 30.3 Å². The average molecular weight is 376 g/mol. The Balaban J connectivity index is 2.18. The Hall–Kier alpha value is -1.76. The van der Waals surface area contributed by atoms with Gasteiger partial charge in [-0.05, 0) is 12.1 Å². The Bertz CT molecular complexity index is 681. The molecule has 5 atom stereocenters. The molecule has 1 aliphatic rings. The summed E-state index contributed by atoms with van der Waals surface area (Å²) in [6, 6.07) is 7.17. The lowest BCUT2D eigenvalue weighted by atomic mass is 9.97. The Morgan fingerprint density at radius 1 is 1.28 bits per heavy atom. The van der Waals surface area contributed by atoms with Crippen LogP contribution in [0.4, 0.5) is 0 Å². The number of aliphatic hydroxyl groups excluding tert-OH is 2. The molecule has 1 aliphatic heterocycles. The van der Waals surface area contributed by atoms with Crippen molar-refractivity contribution in [3.8, 4) is 5.75 Å². The van der Waals surface area contributed by atoms with Crippen molar-refractivity contribution >= 4 is 16.3 Å². The van der Waals surface area contributed by atoms with Gasteiger partial charge in [0.1, 0.15) is 30.1 Å². The zero-order valence-electron chi connectivity index (χ0n) is 13.1. The molecule has 0 radical (unpaired) electrons. The van der Waals surface area contributed by atoms with E-state index in [4.69, 9.17) is 9.47 Å². The molecular weight excluding hydrogens is 358 g/mol. The number of rotatable bonds is 6. The number of carbonyl (C=O) groups excluding carboxylic acids is 1. The van der Waals surface area contributed by atoms with Crippen LogP contribution in [0.25, 0.3) is 0 Å². The van der Waals surface area contributed by atoms with Gasteiger partial charge in [-0.15, -0.1) is 0 Å². The van der Waals surface area contributed by atoms with E-state index in [0.29, 0.717) is 5.75 Å². The first-order valence-electron chi connectivity index (χ1n) is 7.28. The third-order valence-corrected chi connectivity index (χ3v) is 3.87. The Labute approximate surface area is 144 Å². The molecule has 25 heavy (non-hydrogen) atoms. The first-order chi connectivity index (χ1) is 11.7. The lowest BCUT2D eigenvalue weighted by molar-refractivity contribution is -0.242. The van der Waals surface area contributed by atoms with Gasteiger partial charge in [-0.3, -0.25) is 8.98 Å². The van der Waals surface area contributed by atoms with E-state index in [-0.39, 0.29) is 0 Å². The molecule has 3 N–H and O–H groups in total. The van der Waals surface area contributed by atoms with Crippen molar-refractivity contribution in [2.24, 2.45) is 0 Å². The molecule has 1 saturated heterocycles. The van der Waals surface area contributed by atoms with Crippen molar-refractivity contribution in [2.75, 3.05) is 6.61 Å². The fraction of sp³-hybridized carbons (Fsp3) is 0.500. The van der Waals surface area contributed by atoms with Crippen LogP contribution in [-0.2, 0) is 24.1 Å². The molecule has 2 unspecified atom stereocenters. The SMILES string of the molecule is CC(=O)N[C@@H]1C(Oc2ccccc2)OC(COS(=O)(=O)[O-])[C@H](O)[C@@H]1O. The van der Waals surface area contributed by atoms with Gasteiger partial charge >= 0.3 is 0 Å². The molecule has 1 aromatic carbocycles. The van der Waals surface area contributed by atoms with E-state index in [1.165, 1.54) is 6.92 Å². The molecule has 0 aliphatic carbocycles. The molecule has 2 rings (SSSR count). The Kier molecular flexibility index (Phi) is 6.32. The van der Waals surface area contributed by atoms with Crippen LogP contribution >= 0.6 is 0 Å². The zero-order chi connectivity index (χ0) is 18.6. The summed E-state index contributed by atoms with van der Waals surface area (Å²) >= 11 is 0. The van der Waals surface area contributed by atoms with Gasteiger partial charge in [-0.25, -0.2) is 8.42 Å². The molecule has 1 aromatic rings. The van der Waals surface area contributed by atoms with Crippen LogP contribution in [0.5, 0.6) is 5.75 Å². The summed E-state index contributed by atoms with van der Waals surface area (Å²) in [6.45, 7) is 0.392. The highest BCUT2D eigenvalue weighted by molar-refractivity contribution is 7.80. The molecule has 1 fully saturated rings. The van der Waals surface area contributed by atoms with Crippen LogP contribution in [0, 0.1) is 0 Å². The lowest BCUT2D eigenvalue weighted by Gasteiger charge is -2.42. The number of hydrogen-bond acceptors (Lipinski definition) is 9. The molecule has 11 heteroatoms. The fourth-order valence-corrected chi connectivity index (χ4v) is 2.64. The zero-order valence-corrected chi connectivity index (χ0v) is 14.0. The fourth-order valence-electron chi connectivity index (χ4n) is 2.34. The third kappa shape index (κ3) is 5.63. The van der Waals surface area contributed by atoms with Gasteiger partial charge in [-0.1, -0.05) is 18.2 Å². The van der Waals surface area contributed by atoms with Gasteiger partial charge in [-0.2, -0.15) is 0 Å². The molecule has 0 aromatic heterocycles. The lowest BCUT2D eigenvalue weighted by Crippen LogP contribution is -2.65. The molecule has 0 bridgehead atoms. The topological polar surface area (TPSA) is 154 Å². The van der Waals surface area contributed by atoms with E-state index in [1.54, 1.807) is 30.3 Å². The van der Waals surface area contributed by atoms with Crippen LogP contribution in [-0.4, -0.2) is 66.3 Å². The van der Waals surface area contributed by atoms with Gasteiger partial charge in [0, 0.05) is 6.92 Å². The van der Waals surface area contributed by atoms with E-state index in [9.17, 15) is 28.0 Å². The molecule has 0 saturated carbocycles. The maximum Gasteiger partial charge on any atom is 0.223 e. The maximum absolute atomic E-state index is 11.3. The van der Waals surface area contributed by atoms with Crippen LogP contribution in [0.2, 0.25) is 0 Å². The summed E-state index contributed by atoms with van der Waals surface area (Å²) in [4.78, 5) is 11.3. The highest BCUT2D eigenvalue weighted by Crippen LogP contribution is 2.25. The predicted molar refractivity (Wildman–Crippen MR) is 81.0 cm³/mol. The number of amides is 1. The number of aliphatic hydroxyl groups is 2. The molecule has 1 heterocycles. The molecule has 10 nitrogen and oxygen atoms in total. The Morgan fingerprint density at radius 2 is 1.92 bits per heavy atom. The number of nitrogens with one attached hydrogen (secondary N) is 1. The standard InChI is InChI=1S/C14H19NO9S/c1-8(16)15-11-13(18)12(17)10(7-22-25(19,20)21)24-14(11)23-9-5-3-2-4-6-9/h2-6,10-14,17-18H,7H2,1H3,(H,15,16)(H,19,20,21)/p-1/t10?,11-,12-,13+,14?/m0/s1. The quantitative estimate of drug-likeness (QED) is 0.397. The largest absolute Gasteiger partial charge is 0.726 e. The highest BCUT2D eigenvalue weighted by Gasteiger charge is 2.46. The van der Waals surface area contributed by atoms with Gasteiger partial charge < -0.3 is 29.6 Å². The van der Waals surface area contributed by atoms with Gasteiger partial charge in [0.25, 0.3) is 0 Å². The molecule has 1 amide bonds. The van der Waals surface area contributed by atoms with Gasteiger partial charge in [0.05, 0.1) is 6.61 Å². The minimum absolute atomic E-state index is 0.350. The monoisotopic (exact) mass is 376 g/mol. The van der Waals surface area contributed by atoms with Crippen LogP contribution in [0.3, 0.4) is 0 Å². The van der Waals surface area contributed by atoms with Crippen molar-refractivity contribution < 1.29 is 41.6 Å². The summed E-state index contributed by atoms with van der Waals surface area (Å²) in [5, 5.41) is 22.7. The van der Waals surface area contributed by atoms with E-state index in [1.807, 2.05) is 0 Å². The number of ether oxygens (including phenoxy) is 2. The van der Waals surface area contributed by atoms with E-state index < -0.39 is 53.6 Å². The third-order valence-electron chi connectivity index (χ3n) is 3.44. The maximum atomic E-state index is 11.3. The molecular formula is C14H18NO9S-. The first kappa shape index (κ1) is 19.6. The predicted octanol–water partition coefficient (Wildman–Crippen LogP) is -1.51. The second kappa shape index (κ2) is 8.08. The number of benzene rings is 1. The second-order valence-corrected chi connectivity index (χ2v) is 6.43. The van der Waals surface area contributed by atoms with Gasteiger partial charge in [0.2, 0.25) is 22.6 Å². The van der Waals surface area contributed by atoms with E-state index >= 15 is 0 Å². The summed E-state index contributed by atoms with van der Waals surface area (Å²) in [5.41, 5.74) is 0. The van der Waals surface area contributed by atoms with Crippen molar-refractivity contribution in [2.45, 2.75) is 37.6 Å². The van der Waals surface area contributed by atoms with Crippen LogP contribution in [0.1, 0.15) is 6.92 Å². The number of para-hydroxylation sites is 1. The summed E-state index contributed by atoms with van der Waals surface area (Å²) in [6.07, 6.45) is -5.78. The normalized spacial score (nSPS) is 29.8. The summed E-state index contributed by atoms with van der Waals surface area (Å²) < 4.78 is 46.8. The Morgan fingerprint density at radius 3 is 2.48 bits per heavy atom. The van der Waals surface area contributed by atoms with Crippen LogP contribution in [0.15, 0.2) is 30.3 Å². The summed E-state index contributed by atoms with van der Waals surface area (Å²) in [5.74, 6) is -0.152. The van der Waals surface area contributed by atoms with Crippen molar-refractivity contribution in [3.63, 3.8) is 0 Å². The van der Waals surface area contributed by atoms with Gasteiger partial charge in [0.15, 0.2) is 0 Å². The average Bonchev–Trinajstić information content (AvgIpc) is 2.53. The minimum Gasteiger partial charge on any atom is -0.726 e. The van der Waals surface area contributed by atoms with Crippen molar-refractivity contribution in [1.82, 2.24) is 5.32 Å². The smallest absolute Gasteiger partial charge is 0.223 e. The highest BCUT2D eigenvalue weighted by atomic mass is 32.3. The van der Waals surface area contributed by atoms with E-state index in [0.717, 1.165) is 0 Å². The molecule has 0 spiro atoms. The number of carbonyl (C=O) groups is 1. The van der Waals surface area contributed by atoms with Crippen molar-refractivity contribution in [1.29, 1.82) is 0 Å². The minimum atomic E-state index is -5.01. The molecule has 140 valence electrons. The number of hydrogen-bond donors (Lipinski definition) is 3. The first-order valence-corrected chi connectivity index (χ1v) is 8.61. The second-order valence-electron chi connectivity index (χ2n) is 5.37.